The maximum Gasteiger partial charge on any atom is 0.249 e. The van der Waals surface area contributed by atoms with Crippen LogP contribution in [0.25, 0.3) is 0 Å². The summed E-state index contributed by atoms with van der Waals surface area (Å²) in [5.74, 6) is 0. The van der Waals surface area contributed by atoms with Gasteiger partial charge >= 0.3 is 0 Å². The van der Waals surface area contributed by atoms with E-state index in [4.69, 9.17) is 0 Å². The van der Waals surface area contributed by atoms with E-state index in [0.29, 0.717) is 23.2 Å². The van der Waals surface area contributed by atoms with Crippen molar-refractivity contribution in [3.8, 4) is 0 Å². The van der Waals surface area contributed by atoms with Crippen LogP contribution in [0.4, 0.5) is 5.69 Å². The van der Waals surface area contributed by atoms with Crippen molar-refractivity contribution in [2.45, 2.75) is 53.4 Å². The molecule has 0 spiro atoms. The summed E-state index contributed by atoms with van der Waals surface area (Å²) in [5.41, 5.74) is 1.01. The van der Waals surface area contributed by atoms with Crippen molar-refractivity contribution in [1.82, 2.24) is 0 Å². The van der Waals surface area contributed by atoms with Gasteiger partial charge in [-0.3, -0.25) is 9.59 Å². The van der Waals surface area contributed by atoms with Crippen molar-refractivity contribution < 1.29 is 0 Å². The molecule has 0 saturated carbocycles. The first-order valence-electron chi connectivity index (χ1n) is 6.43. The predicted molar refractivity (Wildman–Crippen MR) is 72.5 cm³/mol. The molecule has 0 unspecified atom stereocenters. The summed E-state index contributed by atoms with van der Waals surface area (Å²) in [6, 6.07) is 0. The summed E-state index contributed by atoms with van der Waals surface area (Å²) in [7, 11) is 0. The van der Waals surface area contributed by atoms with Crippen molar-refractivity contribution in [3.63, 3.8) is 0 Å². The second-order valence-electron chi connectivity index (χ2n) is 5.81. The molecule has 3 nitrogen and oxygen atoms in total. The smallest absolute Gasteiger partial charge is 0.249 e. The van der Waals surface area contributed by atoms with Crippen LogP contribution in [-0.2, 0) is 6.42 Å². The number of anilines is 1. The number of unbranched alkanes of at least 4 members (excludes halogenated alkanes) is 1. The maximum absolute atomic E-state index is 11.4. The Bertz CT molecular complexity index is 434. The van der Waals surface area contributed by atoms with Gasteiger partial charge in [0.2, 0.25) is 10.9 Å². The van der Waals surface area contributed by atoms with Crippen LogP contribution in [0.15, 0.2) is 9.59 Å². The first-order valence-corrected chi connectivity index (χ1v) is 6.43. The normalized spacial score (nSPS) is 12.0. The number of nitrogens with one attached hydrogen (secondary N) is 1. The molecule has 0 bridgehead atoms. The Morgan fingerprint density at radius 1 is 1.06 bits per heavy atom. The quantitative estimate of drug-likeness (QED) is 0.610. The molecule has 0 aromatic heterocycles. The van der Waals surface area contributed by atoms with Gasteiger partial charge in [0, 0.05) is 12.1 Å². The molecule has 0 aliphatic carbocycles. The molecule has 0 atom stereocenters. The van der Waals surface area contributed by atoms with Crippen LogP contribution < -0.4 is 16.2 Å². The molecule has 0 aliphatic heterocycles. The summed E-state index contributed by atoms with van der Waals surface area (Å²) in [6.45, 7) is 9.28. The molecular weight excluding hydrogens is 214 g/mol. The molecule has 0 aliphatic rings. The molecule has 3 heteroatoms. The van der Waals surface area contributed by atoms with E-state index in [2.05, 4.69) is 26.1 Å². The Labute approximate surface area is 103 Å². The molecule has 0 saturated heterocycles. The Hall–Kier alpha value is -1.12. The molecule has 1 rings (SSSR count). The molecule has 96 valence electrons. The Kier molecular flexibility index (Phi) is 4.49. The van der Waals surface area contributed by atoms with Crippen LogP contribution >= 0.6 is 0 Å². The van der Waals surface area contributed by atoms with E-state index >= 15 is 0 Å². The van der Waals surface area contributed by atoms with Gasteiger partial charge < -0.3 is 5.32 Å². The van der Waals surface area contributed by atoms with Crippen molar-refractivity contribution in [3.05, 3.63) is 26.0 Å². The van der Waals surface area contributed by atoms with E-state index in [9.17, 15) is 9.59 Å². The largest absolute Gasteiger partial charge is 0.382 e. The minimum absolute atomic E-state index is 0.281. The van der Waals surface area contributed by atoms with E-state index in [1.165, 1.54) is 0 Å². The fourth-order valence-corrected chi connectivity index (χ4v) is 2.00. The zero-order chi connectivity index (χ0) is 13.1. The van der Waals surface area contributed by atoms with E-state index < -0.39 is 0 Å². The first-order chi connectivity index (χ1) is 7.87. The van der Waals surface area contributed by atoms with Crippen LogP contribution in [0.1, 0.15) is 52.5 Å². The lowest BCUT2D eigenvalue weighted by atomic mass is 9.88. The molecule has 1 N–H and O–H groups in total. The first kappa shape index (κ1) is 13.9. The zero-order valence-corrected chi connectivity index (χ0v) is 11.4. The highest BCUT2D eigenvalue weighted by atomic mass is 16.2. The third-order valence-corrected chi connectivity index (χ3v) is 2.97. The zero-order valence-electron chi connectivity index (χ0n) is 11.4. The second-order valence-corrected chi connectivity index (χ2v) is 5.81. The minimum Gasteiger partial charge on any atom is -0.382 e. The van der Waals surface area contributed by atoms with Crippen LogP contribution in [0.2, 0.25) is 0 Å². The van der Waals surface area contributed by atoms with Gasteiger partial charge in [-0.15, -0.1) is 0 Å². The highest BCUT2D eigenvalue weighted by Crippen LogP contribution is 2.22. The van der Waals surface area contributed by atoms with Gasteiger partial charge in [-0.1, -0.05) is 27.2 Å². The second kappa shape index (κ2) is 5.48. The number of rotatable bonds is 6. The lowest BCUT2D eigenvalue weighted by molar-refractivity contribution is 0.360. The standard InChI is InChI=1S/C14H23NO2/c1-5-15-11-10(12(16)13(11)17)8-6-7-9-14(2,3)4/h15H,5-9H2,1-4H3. The number of hydrogen-bond donors (Lipinski definition) is 1. The Morgan fingerprint density at radius 3 is 2.24 bits per heavy atom. The molecular formula is C14H23NO2. The fourth-order valence-electron chi connectivity index (χ4n) is 2.00. The molecule has 1 aromatic carbocycles. The van der Waals surface area contributed by atoms with E-state index in [1.54, 1.807) is 0 Å². The lowest BCUT2D eigenvalue weighted by Gasteiger charge is -2.18. The van der Waals surface area contributed by atoms with Gasteiger partial charge in [0.15, 0.2) is 0 Å². The lowest BCUT2D eigenvalue weighted by Crippen LogP contribution is -2.38. The molecule has 0 heterocycles. The maximum atomic E-state index is 11.4. The molecule has 17 heavy (non-hydrogen) atoms. The topological polar surface area (TPSA) is 46.2 Å². The number of hydrogen-bond acceptors (Lipinski definition) is 3. The predicted octanol–water partition coefficient (Wildman–Crippen LogP) is 2.47. The van der Waals surface area contributed by atoms with Gasteiger partial charge in [-0.2, -0.15) is 0 Å². The third kappa shape index (κ3) is 3.69. The molecule has 0 amide bonds. The third-order valence-electron chi connectivity index (χ3n) is 2.97. The van der Waals surface area contributed by atoms with Crippen LogP contribution in [0, 0.1) is 5.41 Å². The molecule has 0 radical (unpaired) electrons. The van der Waals surface area contributed by atoms with Crippen molar-refractivity contribution >= 4 is 5.69 Å². The monoisotopic (exact) mass is 237 g/mol. The van der Waals surface area contributed by atoms with Gasteiger partial charge in [0.1, 0.15) is 0 Å². The van der Waals surface area contributed by atoms with Crippen molar-refractivity contribution in [1.29, 1.82) is 0 Å². The van der Waals surface area contributed by atoms with E-state index in [0.717, 1.165) is 25.7 Å². The summed E-state index contributed by atoms with van der Waals surface area (Å²) >= 11 is 0. The average Bonchev–Trinajstić information content (AvgIpc) is 2.25. The average molecular weight is 237 g/mol. The summed E-state index contributed by atoms with van der Waals surface area (Å²) in [6.07, 6.45) is 3.98. The van der Waals surface area contributed by atoms with Crippen LogP contribution in [0.5, 0.6) is 0 Å². The Morgan fingerprint density at radius 2 is 1.71 bits per heavy atom. The fraction of sp³-hybridized carbons (Fsp3) is 0.714. The van der Waals surface area contributed by atoms with E-state index in [1.807, 2.05) is 6.92 Å². The van der Waals surface area contributed by atoms with E-state index in [-0.39, 0.29) is 10.9 Å². The highest BCUT2D eigenvalue weighted by molar-refractivity contribution is 5.56. The van der Waals surface area contributed by atoms with Crippen molar-refractivity contribution in [2.24, 2.45) is 5.41 Å². The van der Waals surface area contributed by atoms with Crippen molar-refractivity contribution in [2.75, 3.05) is 11.9 Å². The van der Waals surface area contributed by atoms with Crippen LogP contribution in [-0.4, -0.2) is 6.54 Å². The summed E-state index contributed by atoms with van der Waals surface area (Å²) in [4.78, 5) is 22.7. The molecule has 1 aromatic rings. The van der Waals surface area contributed by atoms with Gasteiger partial charge in [-0.05, 0) is 31.6 Å². The summed E-state index contributed by atoms with van der Waals surface area (Å²) < 4.78 is 0. The van der Waals surface area contributed by atoms with Crippen LogP contribution in [0.3, 0.4) is 0 Å². The SMILES string of the molecule is CCNc1c(CCCCC(C)(C)C)c(=O)c1=O. The summed E-state index contributed by atoms with van der Waals surface area (Å²) in [5, 5.41) is 2.98. The molecule has 0 fully saturated rings. The highest BCUT2D eigenvalue weighted by Gasteiger charge is 2.19. The van der Waals surface area contributed by atoms with Gasteiger partial charge in [0.05, 0.1) is 5.69 Å². The van der Waals surface area contributed by atoms with Gasteiger partial charge in [-0.25, -0.2) is 0 Å². The van der Waals surface area contributed by atoms with Gasteiger partial charge in [0.25, 0.3) is 0 Å². The Balaban J connectivity index is 2.45. The minimum atomic E-state index is -0.335.